The largest absolute Gasteiger partial charge is 0.317 e. The molecule has 1 rings (SSSR count). The summed E-state index contributed by atoms with van der Waals surface area (Å²) >= 11 is 3.18. The molecule has 0 radical (unpaired) electrons. The first-order valence-electron chi connectivity index (χ1n) is 3.58. The molecule has 0 aromatic carbocycles. The van der Waals surface area contributed by atoms with Gasteiger partial charge in [-0.25, -0.2) is 4.98 Å². The number of amides is 1. The Hall–Kier alpha value is -0.550. The van der Waals surface area contributed by atoms with Gasteiger partial charge in [0.1, 0.15) is 5.00 Å². The van der Waals surface area contributed by atoms with Crippen molar-refractivity contribution < 1.29 is 4.79 Å². The Labute approximate surface area is 79.6 Å². The van der Waals surface area contributed by atoms with Crippen molar-refractivity contribution in [3.05, 3.63) is 6.20 Å². The van der Waals surface area contributed by atoms with Crippen molar-refractivity contribution >= 4 is 34.0 Å². The van der Waals surface area contributed by atoms with Gasteiger partial charge in [-0.05, 0) is 5.75 Å². The quantitative estimate of drug-likeness (QED) is 0.764. The van der Waals surface area contributed by atoms with Crippen LogP contribution in [-0.2, 0) is 4.79 Å². The average molecular weight is 202 g/mol. The van der Waals surface area contributed by atoms with E-state index in [9.17, 15) is 4.79 Å². The highest BCUT2D eigenvalue weighted by Gasteiger charge is 2.01. The fourth-order valence-electron chi connectivity index (χ4n) is 0.680. The van der Waals surface area contributed by atoms with E-state index in [1.54, 1.807) is 18.0 Å². The molecule has 0 aliphatic heterocycles. The third kappa shape index (κ3) is 2.83. The van der Waals surface area contributed by atoms with E-state index in [4.69, 9.17) is 0 Å². The van der Waals surface area contributed by atoms with E-state index in [0.29, 0.717) is 0 Å². The number of nitrogens with zero attached hydrogens (tertiary/aromatic N) is 1. The van der Waals surface area contributed by atoms with Crippen LogP contribution in [0.1, 0.15) is 13.8 Å². The zero-order valence-corrected chi connectivity index (χ0v) is 8.59. The number of hydrogen-bond donors (Lipinski definition) is 1. The molecule has 0 bridgehead atoms. The molecule has 0 saturated carbocycles. The minimum Gasteiger partial charge on any atom is -0.317 e. The van der Waals surface area contributed by atoms with Crippen LogP contribution in [0.15, 0.2) is 10.5 Å². The number of aromatic nitrogens is 1. The number of rotatable bonds is 3. The van der Waals surface area contributed by atoms with Crippen LogP contribution in [0.3, 0.4) is 0 Å². The van der Waals surface area contributed by atoms with Gasteiger partial charge in [-0.1, -0.05) is 30.0 Å². The Kier molecular flexibility index (Phi) is 3.55. The molecule has 0 fully saturated rings. The maximum atomic E-state index is 10.6. The van der Waals surface area contributed by atoms with Crippen LogP contribution in [0.5, 0.6) is 0 Å². The predicted octanol–water partition coefficient (Wildman–Crippen LogP) is 2.21. The summed E-state index contributed by atoms with van der Waals surface area (Å²) in [6, 6.07) is 0. The van der Waals surface area contributed by atoms with Crippen LogP contribution in [0, 0.1) is 0 Å². The summed E-state index contributed by atoms with van der Waals surface area (Å²) in [6.07, 6.45) is 1.68. The predicted molar refractivity (Wildman–Crippen MR) is 52.8 cm³/mol. The maximum Gasteiger partial charge on any atom is 0.221 e. The monoisotopic (exact) mass is 202 g/mol. The van der Waals surface area contributed by atoms with Gasteiger partial charge >= 0.3 is 0 Å². The van der Waals surface area contributed by atoms with E-state index in [-0.39, 0.29) is 5.91 Å². The lowest BCUT2D eigenvalue weighted by molar-refractivity contribution is -0.114. The van der Waals surface area contributed by atoms with E-state index < -0.39 is 0 Å². The first-order chi connectivity index (χ1) is 5.72. The minimum absolute atomic E-state index is 0.0494. The van der Waals surface area contributed by atoms with Crippen molar-refractivity contribution in [2.45, 2.75) is 18.2 Å². The van der Waals surface area contributed by atoms with Crippen molar-refractivity contribution in [2.75, 3.05) is 11.1 Å². The highest BCUT2D eigenvalue weighted by molar-refractivity contribution is 8.01. The molecule has 3 nitrogen and oxygen atoms in total. The van der Waals surface area contributed by atoms with Gasteiger partial charge in [0.25, 0.3) is 0 Å². The summed E-state index contributed by atoms with van der Waals surface area (Å²) in [6.45, 7) is 3.57. The van der Waals surface area contributed by atoms with Crippen LogP contribution in [0.25, 0.3) is 0 Å². The number of thiazole rings is 1. The third-order valence-electron chi connectivity index (χ3n) is 1.05. The number of carbonyl (C=O) groups is 1. The van der Waals surface area contributed by atoms with Crippen LogP contribution >= 0.6 is 23.1 Å². The summed E-state index contributed by atoms with van der Waals surface area (Å²) in [7, 11) is 0. The van der Waals surface area contributed by atoms with Crippen LogP contribution < -0.4 is 5.32 Å². The molecule has 0 unspecified atom stereocenters. The van der Waals surface area contributed by atoms with Crippen molar-refractivity contribution in [3.63, 3.8) is 0 Å². The molecule has 1 aromatic rings. The van der Waals surface area contributed by atoms with E-state index >= 15 is 0 Å². The SMILES string of the molecule is CCSc1ncc(NC(C)=O)s1. The van der Waals surface area contributed by atoms with Crippen LogP contribution in [-0.4, -0.2) is 16.6 Å². The van der Waals surface area contributed by atoms with Crippen molar-refractivity contribution in [1.82, 2.24) is 4.98 Å². The molecule has 0 atom stereocenters. The summed E-state index contributed by atoms with van der Waals surface area (Å²) in [5.41, 5.74) is 0. The summed E-state index contributed by atoms with van der Waals surface area (Å²) in [4.78, 5) is 14.8. The minimum atomic E-state index is -0.0494. The summed E-state index contributed by atoms with van der Waals surface area (Å²) < 4.78 is 1.00. The van der Waals surface area contributed by atoms with Gasteiger partial charge in [0.15, 0.2) is 4.34 Å². The molecule has 12 heavy (non-hydrogen) atoms. The zero-order chi connectivity index (χ0) is 8.97. The van der Waals surface area contributed by atoms with Gasteiger partial charge in [0.2, 0.25) is 5.91 Å². The molecule has 1 aromatic heterocycles. The molecule has 1 N–H and O–H groups in total. The molecule has 1 heterocycles. The van der Waals surface area contributed by atoms with Crippen LogP contribution in [0.4, 0.5) is 5.00 Å². The number of nitrogens with one attached hydrogen (secondary N) is 1. The topological polar surface area (TPSA) is 42.0 Å². The number of anilines is 1. The van der Waals surface area contributed by atoms with Gasteiger partial charge in [0, 0.05) is 6.92 Å². The molecule has 1 amide bonds. The van der Waals surface area contributed by atoms with E-state index in [1.165, 1.54) is 18.3 Å². The van der Waals surface area contributed by atoms with Crippen molar-refractivity contribution in [2.24, 2.45) is 0 Å². The maximum absolute atomic E-state index is 10.6. The highest BCUT2D eigenvalue weighted by atomic mass is 32.2. The normalized spacial score (nSPS) is 9.83. The Morgan fingerprint density at radius 2 is 2.58 bits per heavy atom. The van der Waals surface area contributed by atoms with Crippen molar-refractivity contribution in [3.8, 4) is 0 Å². The van der Waals surface area contributed by atoms with E-state index in [2.05, 4.69) is 17.2 Å². The fraction of sp³-hybridized carbons (Fsp3) is 0.429. The first-order valence-corrected chi connectivity index (χ1v) is 5.38. The summed E-state index contributed by atoms with van der Waals surface area (Å²) in [5, 5.41) is 3.51. The molecule has 0 saturated heterocycles. The lowest BCUT2D eigenvalue weighted by Crippen LogP contribution is -2.03. The van der Waals surface area contributed by atoms with Crippen molar-refractivity contribution in [1.29, 1.82) is 0 Å². The van der Waals surface area contributed by atoms with Gasteiger partial charge in [-0.2, -0.15) is 0 Å². The Morgan fingerprint density at radius 3 is 3.17 bits per heavy atom. The summed E-state index contributed by atoms with van der Waals surface area (Å²) in [5.74, 6) is 0.958. The molecule has 5 heteroatoms. The zero-order valence-electron chi connectivity index (χ0n) is 6.96. The van der Waals surface area contributed by atoms with E-state index in [1.807, 2.05) is 0 Å². The second kappa shape index (κ2) is 4.47. The van der Waals surface area contributed by atoms with Gasteiger partial charge in [-0.15, -0.1) is 0 Å². The standard InChI is InChI=1S/C7H10N2OS2/c1-3-11-7-8-4-6(12-7)9-5(2)10/h4H,3H2,1-2H3,(H,9,10). The lowest BCUT2D eigenvalue weighted by Gasteiger charge is -1.92. The number of hydrogen-bond acceptors (Lipinski definition) is 4. The van der Waals surface area contributed by atoms with E-state index in [0.717, 1.165) is 15.1 Å². The Morgan fingerprint density at radius 1 is 1.83 bits per heavy atom. The molecule has 66 valence electrons. The highest BCUT2D eigenvalue weighted by Crippen LogP contribution is 2.27. The Bertz CT molecular complexity index is 272. The second-order valence-electron chi connectivity index (χ2n) is 2.10. The fourth-order valence-corrected chi connectivity index (χ4v) is 2.51. The first kappa shape index (κ1) is 9.54. The molecular weight excluding hydrogens is 192 g/mol. The third-order valence-corrected chi connectivity index (χ3v) is 3.00. The molecule has 0 aliphatic carbocycles. The molecule has 0 spiro atoms. The number of carbonyl (C=O) groups excluding carboxylic acids is 1. The van der Waals surface area contributed by atoms with Gasteiger partial charge in [-0.3, -0.25) is 4.79 Å². The lowest BCUT2D eigenvalue weighted by atomic mass is 10.7. The molecular formula is C7H10N2OS2. The second-order valence-corrected chi connectivity index (χ2v) is 4.65. The Balaban J connectivity index is 2.58. The van der Waals surface area contributed by atoms with Gasteiger partial charge in [0.05, 0.1) is 6.20 Å². The molecule has 0 aliphatic rings. The smallest absolute Gasteiger partial charge is 0.221 e. The van der Waals surface area contributed by atoms with Crippen LogP contribution in [0.2, 0.25) is 0 Å². The average Bonchev–Trinajstić information content (AvgIpc) is 2.36. The number of thioether (sulfide) groups is 1. The van der Waals surface area contributed by atoms with Gasteiger partial charge < -0.3 is 5.32 Å².